The minimum absolute atomic E-state index is 0.0997. The van der Waals surface area contributed by atoms with Crippen molar-refractivity contribution in [3.63, 3.8) is 0 Å². The lowest BCUT2D eigenvalue weighted by Crippen LogP contribution is -2.20. The van der Waals surface area contributed by atoms with Gasteiger partial charge in [0.05, 0.1) is 23.7 Å². The van der Waals surface area contributed by atoms with Crippen molar-refractivity contribution in [2.24, 2.45) is 17.0 Å². The van der Waals surface area contributed by atoms with Crippen molar-refractivity contribution in [3.05, 3.63) is 75.4 Å². The second-order valence-corrected chi connectivity index (χ2v) is 11.4. The Hall–Kier alpha value is -2.70. The van der Waals surface area contributed by atoms with E-state index < -0.39 is 10.3 Å². The Morgan fingerprint density at radius 2 is 2.08 bits per heavy atom. The normalized spacial score (nSPS) is 21.8. The van der Waals surface area contributed by atoms with Gasteiger partial charge in [0, 0.05) is 12.7 Å². The molecule has 1 unspecified atom stereocenters. The standard InChI is InChI=1S/C25H28N4O5S2/c26-36(31,32)34-13-17-6-5-16(9-17)11-28-25-21(12-27-15-29-25)23(30)22-10-19(14-35-22)24-20-4-2-1-3-18(20)7-8-33-24/h1-4,10,12,14-17,24H,5-9,11,13H2,(H2,26,31,32)(H,27,28,29)/t16-,17+,24?/m0/s1. The number of ketones is 1. The fourth-order valence-electron chi connectivity index (χ4n) is 4.99. The number of aromatic nitrogens is 2. The van der Waals surface area contributed by atoms with Gasteiger partial charge < -0.3 is 10.1 Å². The molecule has 1 saturated carbocycles. The molecular formula is C25H28N4O5S2. The van der Waals surface area contributed by atoms with E-state index in [1.807, 2.05) is 23.6 Å². The third-order valence-electron chi connectivity index (χ3n) is 6.77. The van der Waals surface area contributed by atoms with E-state index in [1.54, 1.807) is 6.20 Å². The average Bonchev–Trinajstić information content (AvgIpc) is 3.55. The van der Waals surface area contributed by atoms with E-state index in [1.165, 1.54) is 23.2 Å². The maximum atomic E-state index is 13.4. The molecule has 1 aromatic carbocycles. The number of rotatable bonds is 9. The van der Waals surface area contributed by atoms with E-state index in [4.69, 9.17) is 14.1 Å². The molecule has 9 nitrogen and oxygen atoms in total. The van der Waals surface area contributed by atoms with Crippen LogP contribution in [-0.2, 0) is 25.6 Å². The molecular weight excluding hydrogens is 500 g/mol. The number of thiophene rings is 1. The van der Waals surface area contributed by atoms with Gasteiger partial charge in [-0.05, 0) is 65.7 Å². The van der Waals surface area contributed by atoms with Gasteiger partial charge in [-0.2, -0.15) is 8.42 Å². The number of hydrogen-bond acceptors (Lipinski definition) is 9. The number of fused-ring (bicyclic) bond motifs is 1. The minimum Gasteiger partial charge on any atom is -0.369 e. The molecule has 3 N–H and O–H groups in total. The Labute approximate surface area is 214 Å². The van der Waals surface area contributed by atoms with Crippen molar-refractivity contribution in [1.82, 2.24) is 9.97 Å². The maximum absolute atomic E-state index is 13.4. The molecule has 1 fully saturated rings. The van der Waals surface area contributed by atoms with Crippen LogP contribution in [0.1, 0.15) is 57.3 Å². The van der Waals surface area contributed by atoms with Crippen molar-refractivity contribution < 1.29 is 22.1 Å². The molecule has 1 aliphatic heterocycles. The number of nitrogens with zero attached hydrogens (tertiary/aromatic N) is 2. The highest BCUT2D eigenvalue weighted by Crippen LogP contribution is 2.36. The Kier molecular flexibility index (Phi) is 7.44. The smallest absolute Gasteiger partial charge is 0.333 e. The van der Waals surface area contributed by atoms with E-state index in [9.17, 15) is 13.2 Å². The van der Waals surface area contributed by atoms with Gasteiger partial charge in [0.25, 0.3) is 0 Å². The van der Waals surface area contributed by atoms with Gasteiger partial charge in [-0.1, -0.05) is 24.3 Å². The van der Waals surface area contributed by atoms with Gasteiger partial charge in [0.1, 0.15) is 18.2 Å². The molecule has 1 aliphatic carbocycles. The third kappa shape index (κ3) is 5.81. The van der Waals surface area contributed by atoms with Crippen molar-refractivity contribution in [1.29, 1.82) is 0 Å². The highest BCUT2D eigenvalue weighted by Gasteiger charge is 2.28. The van der Waals surface area contributed by atoms with Crippen LogP contribution >= 0.6 is 11.3 Å². The Morgan fingerprint density at radius 3 is 2.94 bits per heavy atom. The molecule has 36 heavy (non-hydrogen) atoms. The lowest BCUT2D eigenvalue weighted by molar-refractivity contribution is 0.0701. The lowest BCUT2D eigenvalue weighted by atomic mass is 9.94. The topological polar surface area (TPSA) is 134 Å². The molecule has 5 rings (SSSR count). The molecule has 0 amide bonds. The first kappa shape index (κ1) is 25.0. The molecule has 11 heteroatoms. The molecule has 0 radical (unpaired) electrons. The van der Waals surface area contributed by atoms with Gasteiger partial charge in [-0.15, -0.1) is 11.3 Å². The van der Waals surface area contributed by atoms with Crippen LogP contribution in [0.5, 0.6) is 0 Å². The molecule has 2 aromatic heterocycles. The molecule has 3 atom stereocenters. The zero-order valence-corrected chi connectivity index (χ0v) is 21.3. The number of carbonyl (C=O) groups is 1. The predicted molar refractivity (Wildman–Crippen MR) is 136 cm³/mol. The predicted octanol–water partition coefficient (Wildman–Crippen LogP) is 3.48. The summed E-state index contributed by atoms with van der Waals surface area (Å²) >= 11 is 1.39. The summed E-state index contributed by atoms with van der Waals surface area (Å²) in [5.74, 6) is 0.810. The number of hydrogen-bond donors (Lipinski definition) is 2. The molecule has 0 saturated heterocycles. The lowest BCUT2D eigenvalue weighted by Gasteiger charge is -2.25. The van der Waals surface area contributed by atoms with E-state index in [-0.39, 0.29) is 24.4 Å². The minimum atomic E-state index is -3.92. The fourth-order valence-corrected chi connectivity index (χ4v) is 6.25. The van der Waals surface area contributed by atoms with Crippen LogP contribution in [0, 0.1) is 11.8 Å². The van der Waals surface area contributed by atoms with Crippen LogP contribution in [0.25, 0.3) is 0 Å². The van der Waals surface area contributed by atoms with Gasteiger partial charge in [0.15, 0.2) is 0 Å². The summed E-state index contributed by atoms with van der Waals surface area (Å²) in [6.07, 6.45) is 6.28. The van der Waals surface area contributed by atoms with Crippen LogP contribution in [0.2, 0.25) is 0 Å². The van der Waals surface area contributed by atoms with Crippen LogP contribution in [0.3, 0.4) is 0 Å². The first-order chi connectivity index (χ1) is 17.4. The summed E-state index contributed by atoms with van der Waals surface area (Å²) in [5, 5.41) is 10.2. The molecule has 2 aliphatic rings. The largest absolute Gasteiger partial charge is 0.369 e. The zero-order valence-electron chi connectivity index (χ0n) is 19.6. The Morgan fingerprint density at radius 1 is 1.25 bits per heavy atom. The van der Waals surface area contributed by atoms with E-state index in [0.717, 1.165) is 36.8 Å². The Balaban J connectivity index is 1.24. The summed E-state index contributed by atoms with van der Waals surface area (Å²) in [7, 11) is -3.92. The van der Waals surface area contributed by atoms with Crippen LogP contribution in [0.15, 0.2) is 48.2 Å². The molecule has 190 valence electrons. The zero-order chi connectivity index (χ0) is 25.1. The fraction of sp³-hybridized carbons (Fsp3) is 0.400. The van der Waals surface area contributed by atoms with Gasteiger partial charge in [0.2, 0.25) is 5.78 Å². The number of nitrogens with two attached hydrogens (primary N) is 1. The summed E-state index contributed by atoms with van der Waals surface area (Å²) in [6.45, 7) is 1.37. The quantitative estimate of drug-likeness (QED) is 0.403. The summed E-state index contributed by atoms with van der Waals surface area (Å²) in [6, 6.07) is 10.2. The highest BCUT2D eigenvalue weighted by atomic mass is 32.2. The Bertz CT molecular complexity index is 1340. The summed E-state index contributed by atoms with van der Waals surface area (Å²) < 4.78 is 32.9. The van der Waals surface area contributed by atoms with Crippen LogP contribution in [0.4, 0.5) is 5.82 Å². The van der Waals surface area contributed by atoms with Gasteiger partial charge in [-0.25, -0.2) is 15.1 Å². The molecule has 3 heterocycles. The number of benzene rings is 1. The SMILES string of the molecule is NS(=O)(=O)OC[C@@H]1CC[C@H](CNc2ncncc2C(=O)c2cc(C3OCCc4ccccc43)cs2)C1. The number of carbonyl (C=O) groups excluding carboxylic acids is 1. The monoisotopic (exact) mass is 528 g/mol. The maximum Gasteiger partial charge on any atom is 0.333 e. The first-order valence-electron chi connectivity index (χ1n) is 11.9. The molecule has 0 bridgehead atoms. The van der Waals surface area contributed by atoms with E-state index in [0.29, 0.717) is 35.3 Å². The van der Waals surface area contributed by atoms with Gasteiger partial charge in [-0.3, -0.25) is 8.98 Å². The van der Waals surface area contributed by atoms with Crippen LogP contribution < -0.4 is 10.5 Å². The second-order valence-electron chi connectivity index (χ2n) is 9.26. The second kappa shape index (κ2) is 10.7. The van der Waals surface area contributed by atoms with Crippen molar-refractivity contribution in [2.45, 2.75) is 31.8 Å². The van der Waals surface area contributed by atoms with Crippen LogP contribution in [-0.4, -0.2) is 43.9 Å². The van der Waals surface area contributed by atoms with Gasteiger partial charge >= 0.3 is 10.3 Å². The molecule has 3 aromatic rings. The molecule has 0 spiro atoms. The summed E-state index contributed by atoms with van der Waals surface area (Å²) in [5.41, 5.74) is 3.82. The van der Waals surface area contributed by atoms with Crippen molar-refractivity contribution in [2.75, 3.05) is 25.1 Å². The highest BCUT2D eigenvalue weighted by molar-refractivity contribution is 7.84. The number of ether oxygens (including phenoxy) is 1. The first-order valence-corrected chi connectivity index (χ1v) is 14.3. The summed E-state index contributed by atoms with van der Waals surface area (Å²) in [4.78, 5) is 22.4. The van der Waals surface area contributed by atoms with Crippen molar-refractivity contribution in [3.8, 4) is 0 Å². The van der Waals surface area contributed by atoms with E-state index in [2.05, 4.69) is 27.4 Å². The average molecular weight is 529 g/mol. The van der Waals surface area contributed by atoms with Crippen molar-refractivity contribution >= 4 is 33.2 Å². The number of anilines is 1. The van der Waals surface area contributed by atoms with E-state index >= 15 is 0 Å². The third-order valence-corrected chi connectivity index (χ3v) is 8.18. The number of nitrogens with one attached hydrogen (secondary N) is 1.